The zero-order valence-electron chi connectivity index (χ0n) is 14.3. The Morgan fingerprint density at radius 2 is 2.00 bits per heavy atom. The molecule has 1 amide bonds. The summed E-state index contributed by atoms with van der Waals surface area (Å²) in [6, 6.07) is 0.482. The van der Waals surface area contributed by atoms with E-state index in [2.05, 4.69) is 56.6 Å². The van der Waals surface area contributed by atoms with E-state index in [1.54, 1.807) is 0 Å². The highest BCUT2D eigenvalue weighted by molar-refractivity contribution is 7.99. The van der Waals surface area contributed by atoms with Gasteiger partial charge in [0.25, 0.3) is 0 Å². The van der Waals surface area contributed by atoms with E-state index in [1.807, 2.05) is 0 Å². The molecule has 21 heavy (non-hydrogen) atoms. The van der Waals surface area contributed by atoms with Crippen LogP contribution in [0.5, 0.6) is 0 Å². The fourth-order valence-electron chi connectivity index (χ4n) is 3.75. The second kappa shape index (κ2) is 7.36. The van der Waals surface area contributed by atoms with Gasteiger partial charge in [-0.05, 0) is 36.9 Å². The van der Waals surface area contributed by atoms with E-state index in [4.69, 9.17) is 0 Å². The molecule has 0 aromatic heterocycles. The van der Waals surface area contributed by atoms with Gasteiger partial charge < -0.3 is 4.90 Å². The monoisotopic (exact) mass is 312 g/mol. The highest BCUT2D eigenvalue weighted by Gasteiger charge is 2.46. The molecule has 1 aliphatic carbocycles. The van der Waals surface area contributed by atoms with Crippen LogP contribution in [0.3, 0.4) is 0 Å². The molecule has 4 heteroatoms. The van der Waals surface area contributed by atoms with Crippen molar-refractivity contribution in [2.45, 2.75) is 83.8 Å². The minimum absolute atomic E-state index is 0.0280. The van der Waals surface area contributed by atoms with Crippen LogP contribution in [0.4, 0.5) is 0 Å². The van der Waals surface area contributed by atoms with Gasteiger partial charge in [0.15, 0.2) is 0 Å². The molecule has 2 aliphatic rings. The van der Waals surface area contributed by atoms with Gasteiger partial charge in [0.2, 0.25) is 5.91 Å². The molecular weight excluding hydrogens is 280 g/mol. The summed E-state index contributed by atoms with van der Waals surface area (Å²) < 4.78 is 0. The maximum absolute atomic E-state index is 12.9. The number of carbonyl (C=O) groups is 1. The van der Waals surface area contributed by atoms with Gasteiger partial charge in [0.05, 0.1) is 12.2 Å². The lowest BCUT2D eigenvalue weighted by atomic mass is 9.99. The van der Waals surface area contributed by atoms with Gasteiger partial charge in [-0.1, -0.05) is 41.0 Å². The molecule has 1 saturated carbocycles. The Kier molecular flexibility index (Phi) is 6.01. The minimum Gasteiger partial charge on any atom is -0.322 e. The third kappa shape index (κ3) is 3.58. The highest BCUT2D eigenvalue weighted by atomic mass is 32.2. The van der Waals surface area contributed by atoms with Crippen molar-refractivity contribution in [2.24, 2.45) is 11.8 Å². The van der Waals surface area contributed by atoms with Gasteiger partial charge in [-0.2, -0.15) is 11.8 Å². The average Bonchev–Trinajstić information content (AvgIpc) is 3.02. The Labute approximate surface area is 134 Å². The third-order valence-electron chi connectivity index (χ3n) is 5.17. The maximum Gasteiger partial charge on any atom is 0.241 e. The molecule has 1 aliphatic heterocycles. The Morgan fingerprint density at radius 3 is 2.57 bits per heavy atom. The van der Waals surface area contributed by atoms with Crippen LogP contribution in [0.15, 0.2) is 0 Å². The Bertz CT molecular complexity index is 361. The van der Waals surface area contributed by atoms with Gasteiger partial charge in [-0.25, -0.2) is 0 Å². The molecule has 1 N–H and O–H groups in total. The van der Waals surface area contributed by atoms with E-state index in [1.165, 1.54) is 25.0 Å². The first kappa shape index (κ1) is 17.1. The van der Waals surface area contributed by atoms with Gasteiger partial charge in [0, 0.05) is 11.3 Å². The molecule has 5 atom stereocenters. The van der Waals surface area contributed by atoms with Crippen LogP contribution in [0.25, 0.3) is 0 Å². The lowest BCUT2D eigenvalue weighted by Crippen LogP contribution is -2.46. The van der Waals surface area contributed by atoms with E-state index in [0.717, 1.165) is 11.7 Å². The van der Waals surface area contributed by atoms with Crippen molar-refractivity contribution in [1.82, 2.24) is 10.2 Å². The summed E-state index contributed by atoms with van der Waals surface area (Å²) in [5.74, 6) is 2.44. The molecule has 2 fully saturated rings. The number of amides is 1. The third-order valence-corrected chi connectivity index (χ3v) is 6.40. The van der Waals surface area contributed by atoms with E-state index >= 15 is 0 Å². The molecule has 0 spiro atoms. The van der Waals surface area contributed by atoms with Crippen molar-refractivity contribution in [3.63, 3.8) is 0 Å². The van der Waals surface area contributed by atoms with Crippen LogP contribution < -0.4 is 5.32 Å². The van der Waals surface area contributed by atoms with Gasteiger partial charge in [-0.15, -0.1) is 0 Å². The Hall–Kier alpha value is -0.220. The SMILES string of the molecule is CCSC1CCC(N2C(=O)C(C(C)CC)NC2C(C)C)C1. The van der Waals surface area contributed by atoms with Crippen molar-refractivity contribution in [2.75, 3.05) is 5.75 Å². The first-order valence-electron chi connectivity index (χ1n) is 8.69. The van der Waals surface area contributed by atoms with E-state index in [0.29, 0.717) is 23.8 Å². The molecule has 0 aromatic rings. The topological polar surface area (TPSA) is 32.3 Å². The average molecular weight is 313 g/mol. The van der Waals surface area contributed by atoms with Crippen LogP contribution in [0.2, 0.25) is 0 Å². The van der Waals surface area contributed by atoms with E-state index in [-0.39, 0.29) is 12.2 Å². The predicted molar refractivity (Wildman–Crippen MR) is 91.4 cm³/mol. The lowest BCUT2D eigenvalue weighted by Gasteiger charge is -2.32. The van der Waals surface area contributed by atoms with Crippen molar-refractivity contribution < 1.29 is 4.79 Å². The second-order valence-electron chi connectivity index (χ2n) is 7.01. The van der Waals surface area contributed by atoms with Crippen LogP contribution >= 0.6 is 11.8 Å². The van der Waals surface area contributed by atoms with Crippen LogP contribution in [-0.2, 0) is 4.79 Å². The maximum atomic E-state index is 12.9. The summed E-state index contributed by atoms with van der Waals surface area (Å²) in [5.41, 5.74) is 0. The first-order valence-corrected chi connectivity index (χ1v) is 9.74. The van der Waals surface area contributed by atoms with Crippen molar-refractivity contribution in [1.29, 1.82) is 0 Å². The fourth-order valence-corrected chi connectivity index (χ4v) is 4.89. The summed E-state index contributed by atoms with van der Waals surface area (Å²) in [6.07, 6.45) is 4.92. The number of thioether (sulfide) groups is 1. The van der Waals surface area contributed by atoms with Gasteiger partial charge >= 0.3 is 0 Å². The molecule has 0 radical (unpaired) electrons. The summed E-state index contributed by atoms with van der Waals surface area (Å²) >= 11 is 2.07. The number of rotatable bonds is 6. The zero-order valence-corrected chi connectivity index (χ0v) is 15.1. The highest BCUT2D eigenvalue weighted by Crippen LogP contribution is 2.36. The van der Waals surface area contributed by atoms with Crippen LogP contribution in [0, 0.1) is 11.8 Å². The number of hydrogen-bond donors (Lipinski definition) is 1. The van der Waals surface area contributed by atoms with E-state index in [9.17, 15) is 4.79 Å². The molecular formula is C17H32N2OS. The zero-order chi connectivity index (χ0) is 15.6. The van der Waals surface area contributed by atoms with Crippen LogP contribution in [0.1, 0.15) is 60.3 Å². The molecule has 3 nitrogen and oxygen atoms in total. The number of hydrogen-bond acceptors (Lipinski definition) is 3. The normalized spacial score (nSPS) is 35.0. The van der Waals surface area contributed by atoms with Crippen LogP contribution in [-0.4, -0.2) is 40.1 Å². The summed E-state index contributed by atoms with van der Waals surface area (Å²) in [7, 11) is 0. The second-order valence-corrected chi connectivity index (χ2v) is 8.59. The van der Waals surface area contributed by atoms with Gasteiger partial charge in [0.1, 0.15) is 0 Å². The Balaban J connectivity index is 2.10. The standard InChI is InChI=1S/C17H32N2OS/c1-6-12(5)15-17(20)19(16(18-15)11(3)4)13-8-9-14(10-13)21-7-2/h11-16,18H,6-10H2,1-5H3. The quantitative estimate of drug-likeness (QED) is 0.815. The van der Waals surface area contributed by atoms with Crippen molar-refractivity contribution in [3.05, 3.63) is 0 Å². The molecule has 0 bridgehead atoms. The fraction of sp³-hybridized carbons (Fsp3) is 0.941. The van der Waals surface area contributed by atoms with Gasteiger partial charge in [-0.3, -0.25) is 10.1 Å². The number of nitrogens with zero attached hydrogens (tertiary/aromatic N) is 1. The number of nitrogens with one attached hydrogen (secondary N) is 1. The van der Waals surface area contributed by atoms with Crippen molar-refractivity contribution in [3.8, 4) is 0 Å². The minimum atomic E-state index is 0.0280. The molecule has 0 aromatic carbocycles. The first-order chi connectivity index (χ1) is 9.99. The lowest BCUT2D eigenvalue weighted by molar-refractivity contribution is -0.133. The smallest absolute Gasteiger partial charge is 0.241 e. The molecule has 1 heterocycles. The molecule has 5 unspecified atom stereocenters. The van der Waals surface area contributed by atoms with E-state index < -0.39 is 0 Å². The molecule has 1 saturated heterocycles. The summed E-state index contributed by atoms with van der Waals surface area (Å²) in [4.78, 5) is 15.1. The van der Waals surface area contributed by atoms with Crippen molar-refractivity contribution >= 4 is 17.7 Å². The molecule has 122 valence electrons. The Morgan fingerprint density at radius 1 is 1.29 bits per heavy atom. The molecule has 2 rings (SSSR count). The number of carbonyl (C=O) groups excluding carboxylic acids is 1. The predicted octanol–water partition coefficient (Wildman–Crippen LogP) is 3.49. The largest absolute Gasteiger partial charge is 0.322 e. The summed E-state index contributed by atoms with van der Waals surface area (Å²) in [5, 5.41) is 4.39. The summed E-state index contributed by atoms with van der Waals surface area (Å²) in [6.45, 7) is 11.1.